The number of nitrogens with zero attached hydrogens (tertiary/aromatic N) is 2. The maximum Gasteiger partial charge on any atom is 0.276 e. The van der Waals surface area contributed by atoms with Crippen LogP contribution in [0.1, 0.15) is 24.0 Å². The van der Waals surface area contributed by atoms with Crippen molar-refractivity contribution < 1.29 is 8.42 Å². The molecule has 0 amide bonds. The number of nitrogens with one attached hydrogen (secondary N) is 1. The summed E-state index contributed by atoms with van der Waals surface area (Å²) < 4.78 is 24.0. The second-order valence-corrected chi connectivity index (χ2v) is 6.42. The molecule has 0 spiro atoms. The molecule has 0 aliphatic heterocycles. The lowest BCUT2D eigenvalue weighted by Gasteiger charge is -2.06. The van der Waals surface area contributed by atoms with Gasteiger partial charge in [-0.3, -0.25) is 4.98 Å². The minimum Gasteiger partial charge on any atom is -0.264 e. The van der Waals surface area contributed by atoms with Crippen molar-refractivity contribution in [3.8, 4) is 0 Å². The maximum absolute atomic E-state index is 12.0. The van der Waals surface area contributed by atoms with E-state index in [1.54, 1.807) is 42.9 Å². The molecule has 2 rings (SSSR count). The quantitative estimate of drug-likeness (QED) is 0.681. The Hall–Kier alpha value is -2.21. The van der Waals surface area contributed by atoms with Gasteiger partial charge in [-0.05, 0) is 30.7 Å². The molecule has 1 aromatic carbocycles. The van der Waals surface area contributed by atoms with Gasteiger partial charge in [0.2, 0.25) is 0 Å². The summed E-state index contributed by atoms with van der Waals surface area (Å²) in [5, 5.41) is 3.83. The molecular formula is C15H17N3O2S. The molecular weight excluding hydrogens is 286 g/mol. The van der Waals surface area contributed by atoms with E-state index in [0.717, 1.165) is 11.1 Å². The van der Waals surface area contributed by atoms with Crippen LogP contribution >= 0.6 is 0 Å². The fraction of sp³-hybridized carbons (Fsp3) is 0.200. The number of hydrogen-bond acceptors (Lipinski definition) is 4. The maximum atomic E-state index is 12.0. The predicted molar refractivity (Wildman–Crippen MR) is 82.6 cm³/mol. The third kappa shape index (κ3) is 4.13. The Balaban J connectivity index is 2.05. The van der Waals surface area contributed by atoms with Gasteiger partial charge in [-0.15, -0.1) is 0 Å². The van der Waals surface area contributed by atoms with E-state index >= 15 is 0 Å². The summed E-state index contributed by atoms with van der Waals surface area (Å²) in [6.45, 7) is 3.82. The van der Waals surface area contributed by atoms with E-state index in [1.807, 2.05) is 26.0 Å². The van der Waals surface area contributed by atoms with Crippen molar-refractivity contribution in [2.75, 3.05) is 0 Å². The van der Waals surface area contributed by atoms with Crippen LogP contribution < -0.4 is 4.83 Å². The van der Waals surface area contributed by atoms with Crippen LogP contribution in [0.3, 0.4) is 0 Å². The first kappa shape index (κ1) is 15.2. The van der Waals surface area contributed by atoms with Crippen LogP contribution in [-0.2, 0) is 10.0 Å². The van der Waals surface area contributed by atoms with Crippen molar-refractivity contribution in [3.63, 3.8) is 0 Å². The molecule has 1 unspecified atom stereocenters. The topological polar surface area (TPSA) is 71.4 Å². The van der Waals surface area contributed by atoms with E-state index in [-0.39, 0.29) is 10.8 Å². The molecule has 0 saturated carbocycles. The van der Waals surface area contributed by atoms with E-state index in [0.29, 0.717) is 0 Å². The number of pyridine rings is 1. The molecule has 21 heavy (non-hydrogen) atoms. The molecule has 5 nitrogen and oxygen atoms in total. The number of aromatic nitrogens is 1. The number of rotatable bonds is 5. The average molecular weight is 303 g/mol. The Kier molecular flexibility index (Phi) is 4.70. The Labute approximate surface area is 124 Å². The predicted octanol–water partition coefficient (Wildman–Crippen LogP) is 2.46. The van der Waals surface area contributed by atoms with Gasteiger partial charge in [-0.2, -0.15) is 13.5 Å². The SMILES string of the molecule is Cc1ccc(S(=O)(=O)N/N=C/C(C)c2cccnc2)cc1. The number of hydrogen-bond donors (Lipinski definition) is 1. The standard InChI is InChI=1S/C15H17N3O2S/c1-12-5-7-15(8-6-12)21(19,20)18-17-10-13(2)14-4-3-9-16-11-14/h3-11,13,18H,1-2H3/b17-10+. The first-order valence-corrected chi connectivity index (χ1v) is 7.99. The van der Waals surface area contributed by atoms with Gasteiger partial charge in [0, 0.05) is 24.5 Å². The van der Waals surface area contributed by atoms with Crippen molar-refractivity contribution >= 4 is 16.2 Å². The van der Waals surface area contributed by atoms with Crippen LogP contribution in [0.4, 0.5) is 0 Å². The van der Waals surface area contributed by atoms with Crippen molar-refractivity contribution in [2.45, 2.75) is 24.7 Å². The molecule has 0 saturated heterocycles. The van der Waals surface area contributed by atoms with E-state index in [9.17, 15) is 8.42 Å². The summed E-state index contributed by atoms with van der Waals surface area (Å²) in [7, 11) is -3.62. The van der Waals surface area contributed by atoms with Gasteiger partial charge >= 0.3 is 0 Å². The average Bonchev–Trinajstić information content (AvgIpc) is 2.48. The summed E-state index contributed by atoms with van der Waals surface area (Å²) in [4.78, 5) is 6.43. The molecule has 0 aliphatic rings. The smallest absolute Gasteiger partial charge is 0.264 e. The van der Waals surface area contributed by atoms with Crippen LogP contribution in [0.25, 0.3) is 0 Å². The van der Waals surface area contributed by atoms with Gasteiger partial charge < -0.3 is 0 Å². The summed E-state index contributed by atoms with van der Waals surface area (Å²) in [5.74, 6) is -0.0283. The van der Waals surface area contributed by atoms with Crippen molar-refractivity contribution in [3.05, 3.63) is 59.9 Å². The van der Waals surface area contributed by atoms with Crippen molar-refractivity contribution in [2.24, 2.45) is 5.10 Å². The first-order valence-electron chi connectivity index (χ1n) is 6.50. The zero-order chi connectivity index (χ0) is 15.3. The lowest BCUT2D eigenvalue weighted by atomic mass is 10.1. The Morgan fingerprint density at radius 3 is 2.57 bits per heavy atom. The van der Waals surface area contributed by atoms with Gasteiger partial charge in [0.1, 0.15) is 0 Å². The number of hydrazone groups is 1. The normalized spacial score (nSPS) is 13.2. The lowest BCUT2D eigenvalue weighted by molar-refractivity contribution is 0.584. The molecule has 0 bridgehead atoms. The Morgan fingerprint density at radius 2 is 1.95 bits per heavy atom. The number of benzene rings is 1. The van der Waals surface area contributed by atoms with Gasteiger partial charge in [0.15, 0.2) is 0 Å². The van der Waals surface area contributed by atoms with Crippen LogP contribution in [0.2, 0.25) is 0 Å². The number of sulfonamides is 1. The van der Waals surface area contributed by atoms with Gasteiger partial charge in [-0.25, -0.2) is 4.83 Å². The highest BCUT2D eigenvalue weighted by atomic mass is 32.2. The van der Waals surface area contributed by atoms with Crippen molar-refractivity contribution in [1.82, 2.24) is 9.82 Å². The zero-order valence-corrected chi connectivity index (χ0v) is 12.7. The molecule has 2 aromatic rings. The molecule has 0 aliphatic carbocycles. The third-order valence-electron chi connectivity index (χ3n) is 3.01. The molecule has 1 atom stereocenters. The Morgan fingerprint density at radius 1 is 1.24 bits per heavy atom. The second-order valence-electron chi connectivity index (χ2n) is 4.76. The number of aryl methyl sites for hydroxylation is 1. The zero-order valence-electron chi connectivity index (χ0n) is 11.9. The minimum absolute atomic E-state index is 0.0283. The summed E-state index contributed by atoms with van der Waals surface area (Å²) in [5.41, 5.74) is 1.97. The van der Waals surface area contributed by atoms with Crippen LogP contribution in [0.5, 0.6) is 0 Å². The third-order valence-corrected chi connectivity index (χ3v) is 4.25. The first-order chi connectivity index (χ1) is 9.99. The van der Waals surface area contributed by atoms with Crippen molar-refractivity contribution in [1.29, 1.82) is 0 Å². The van der Waals surface area contributed by atoms with Gasteiger partial charge in [0.05, 0.1) is 4.90 Å². The second kappa shape index (κ2) is 6.49. The fourth-order valence-corrected chi connectivity index (χ4v) is 2.51. The lowest BCUT2D eigenvalue weighted by Crippen LogP contribution is -2.18. The summed E-state index contributed by atoms with van der Waals surface area (Å²) >= 11 is 0. The molecule has 1 aromatic heterocycles. The fourth-order valence-electron chi connectivity index (χ4n) is 1.71. The van der Waals surface area contributed by atoms with Crippen LogP contribution in [-0.4, -0.2) is 19.6 Å². The van der Waals surface area contributed by atoms with E-state index in [2.05, 4.69) is 14.9 Å². The summed E-state index contributed by atoms with van der Waals surface area (Å²) in [6.07, 6.45) is 4.96. The van der Waals surface area contributed by atoms with E-state index in [4.69, 9.17) is 0 Å². The van der Waals surface area contributed by atoms with Gasteiger partial charge in [0.25, 0.3) is 10.0 Å². The molecule has 6 heteroatoms. The Bertz CT molecular complexity index is 710. The van der Waals surface area contributed by atoms with Gasteiger partial charge in [-0.1, -0.05) is 30.7 Å². The highest BCUT2D eigenvalue weighted by Gasteiger charge is 2.12. The van der Waals surface area contributed by atoms with E-state index in [1.165, 1.54) is 0 Å². The molecule has 0 fully saturated rings. The molecule has 1 heterocycles. The largest absolute Gasteiger partial charge is 0.276 e. The highest BCUT2D eigenvalue weighted by molar-refractivity contribution is 7.89. The monoisotopic (exact) mass is 303 g/mol. The molecule has 0 radical (unpaired) electrons. The summed E-state index contributed by atoms with van der Waals surface area (Å²) in [6, 6.07) is 10.3. The highest BCUT2D eigenvalue weighted by Crippen LogP contribution is 2.12. The molecule has 110 valence electrons. The molecule has 1 N–H and O–H groups in total. The van der Waals surface area contributed by atoms with Crippen LogP contribution in [0.15, 0.2) is 58.8 Å². The van der Waals surface area contributed by atoms with Crippen LogP contribution in [0, 0.1) is 6.92 Å². The minimum atomic E-state index is -3.62. The van der Waals surface area contributed by atoms with E-state index < -0.39 is 10.0 Å².